The van der Waals surface area contributed by atoms with E-state index in [2.05, 4.69) is 55.7 Å². The Morgan fingerprint density at radius 3 is 2.27 bits per heavy atom. The zero-order valence-electron chi connectivity index (χ0n) is 14.4. The van der Waals surface area contributed by atoms with Gasteiger partial charge in [-0.3, -0.25) is 4.79 Å². The minimum atomic E-state index is -0.103. The first-order valence-corrected chi connectivity index (χ1v) is 8.27. The molecule has 1 rings (SSSR count). The van der Waals surface area contributed by atoms with E-state index in [4.69, 9.17) is 5.73 Å². The van der Waals surface area contributed by atoms with Gasteiger partial charge in [0.15, 0.2) is 0 Å². The van der Waals surface area contributed by atoms with Crippen LogP contribution in [0.15, 0.2) is 30.3 Å². The maximum absolute atomic E-state index is 11.9. The average Bonchev–Trinajstić information content (AvgIpc) is 2.51. The van der Waals surface area contributed by atoms with Gasteiger partial charge in [0.2, 0.25) is 5.91 Å². The van der Waals surface area contributed by atoms with Crippen LogP contribution in [0.2, 0.25) is 0 Å². The van der Waals surface area contributed by atoms with Crippen molar-refractivity contribution in [3.63, 3.8) is 0 Å². The summed E-state index contributed by atoms with van der Waals surface area (Å²) in [5.41, 5.74) is 6.84. The molecule has 0 bridgehead atoms. The summed E-state index contributed by atoms with van der Waals surface area (Å²) >= 11 is 0. The van der Waals surface area contributed by atoms with Crippen molar-refractivity contribution in [2.75, 3.05) is 6.54 Å². The Bertz CT molecular complexity index is 441. The second-order valence-electron chi connectivity index (χ2n) is 6.22. The van der Waals surface area contributed by atoms with Crippen molar-refractivity contribution in [1.82, 2.24) is 10.6 Å². The molecule has 2 unspecified atom stereocenters. The third kappa shape index (κ3) is 5.78. The molecule has 1 aromatic carbocycles. The van der Waals surface area contributed by atoms with Crippen LogP contribution in [-0.2, 0) is 4.79 Å². The predicted molar refractivity (Wildman–Crippen MR) is 92.6 cm³/mol. The van der Waals surface area contributed by atoms with E-state index in [1.165, 1.54) is 5.56 Å². The predicted octanol–water partition coefficient (Wildman–Crippen LogP) is 2.75. The first-order valence-electron chi connectivity index (χ1n) is 8.27. The van der Waals surface area contributed by atoms with Gasteiger partial charge < -0.3 is 16.4 Å². The number of carbonyl (C=O) groups excluding carboxylic acids is 1. The number of rotatable bonds is 9. The molecule has 0 heterocycles. The smallest absolute Gasteiger partial charge is 0.221 e. The lowest BCUT2D eigenvalue weighted by atomic mass is 9.90. The van der Waals surface area contributed by atoms with Crippen LogP contribution in [0.1, 0.15) is 58.6 Å². The molecule has 0 radical (unpaired) electrons. The third-order valence-electron chi connectivity index (χ3n) is 4.31. The van der Waals surface area contributed by atoms with Crippen molar-refractivity contribution >= 4 is 5.91 Å². The van der Waals surface area contributed by atoms with Crippen molar-refractivity contribution < 1.29 is 4.79 Å². The summed E-state index contributed by atoms with van der Waals surface area (Å²) in [6.07, 6.45) is 2.29. The Labute approximate surface area is 134 Å². The van der Waals surface area contributed by atoms with Gasteiger partial charge in [0.1, 0.15) is 0 Å². The highest BCUT2D eigenvalue weighted by molar-refractivity contribution is 5.76. The summed E-state index contributed by atoms with van der Waals surface area (Å²) in [6, 6.07) is 10.5. The first kappa shape index (κ1) is 18.7. The molecule has 2 atom stereocenters. The van der Waals surface area contributed by atoms with Gasteiger partial charge in [0.05, 0.1) is 0 Å². The second-order valence-corrected chi connectivity index (χ2v) is 6.22. The summed E-state index contributed by atoms with van der Waals surface area (Å²) in [4.78, 5) is 11.9. The molecular formula is C18H31N3O. The largest absolute Gasteiger partial charge is 0.354 e. The maximum Gasteiger partial charge on any atom is 0.221 e. The van der Waals surface area contributed by atoms with E-state index in [1.807, 2.05) is 13.0 Å². The molecular weight excluding hydrogens is 274 g/mol. The Hall–Kier alpha value is -1.39. The highest BCUT2D eigenvalue weighted by atomic mass is 16.1. The van der Waals surface area contributed by atoms with E-state index in [0.717, 1.165) is 12.8 Å². The summed E-state index contributed by atoms with van der Waals surface area (Å²) in [5.74, 6) is 0.0236. The lowest BCUT2D eigenvalue weighted by Gasteiger charge is -2.36. The molecule has 0 saturated heterocycles. The van der Waals surface area contributed by atoms with Crippen LogP contribution in [0.4, 0.5) is 0 Å². The normalized spacial score (nSPS) is 14.4. The highest BCUT2D eigenvalue weighted by Crippen LogP contribution is 2.21. The maximum atomic E-state index is 11.9. The van der Waals surface area contributed by atoms with E-state index < -0.39 is 0 Å². The molecule has 0 aliphatic rings. The summed E-state index contributed by atoms with van der Waals surface area (Å²) in [5, 5.41) is 6.74. The molecule has 1 amide bonds. The van der Waals surface area contributed by atoms with Crippen LogP contribution < -0.4 is 16.4 Å². The summed E-state index contributed by atoms with van der Waals surface area (Å²) in [6.45, 7) is 8.96. The molecule has 4 N–H and O–H groups in total. The van der Waals surface area contributed by atoms with Gasteiger partial charge >= 0.3 is 0 Å². The third-order valence-corrected chi connectivity index (χ3v) is 4.31. The number of nitrogens with one attached hydrogen (secondary N) is 2. The monoisotopic (exact) mass is 305 g/mol. The molecule has 4 nitrogen and oxygen atoms in total. The van der Waals surface area contributed by atoms with Crippen LogP contribution >= 0.6 is 0 Å². The zero-order chi connectivity index (χ0) is 16.6. The Morgan fingerprint density at radius 1 is 1.18 bits per heavy atom. The van der Waals surface area contributed by atoms with Crippen molar-refractivity contribution in [3.05, 3.63) is 35.9 Å². The van der Waals surface area contributed by atoms with Gasteiger partial charge in [-0.15, -0.1) is 0 Å². The van der Waals surface area contributed by atoms with Crippen LogP contribution in [-0.4, -0.2) is 24.0 Å². The second kappa shape index (κ2) is 8.91. The molecule has 0 aromatic heterocycles. The summed E-state index contributed by atoms with van der Waals surface area (Å²) in [7, 11) is 0. The van der Waals surface area contributed by atoms with Crippen molar-refractivity contribution in [3.8, 4) is 0 Å². The van der Waals surface area contributed by atoms with Crippen LogP contribution in [0.3, 0.4) is 0 Å². The molecule has 0 spiro atoms. The molecule has 0 fully saturated rings. The summed E-state index contributed by atoms with van der Waals surface area (Å²) < 4.78 is 0. The number of carbonyl (C=O) groups is 1. The van der Waals surface area contributed by atoms with E-state index >= 15 is 0 Å². The van der Waals surface area contributed by atoms with Crippen molar-refractivity contribution in [2.24, 2.45) is 5.73 Å². The van der Waals surface area contributed by atoms with Gasteiger partial charge in [-0.1, -0.05) is 44.2 Å². The quantitative estimate of drug-likeness (QED) is 0.657. The standard InChI is InChI=1S/C18H31N3O/c1-5-18(6-2,13-20-17(22)12-14(3)19)21-15(4)16-10-8-7-9-11-16/h7-11,14-15,21H,5-6,12-13,19H2,1-4H3,(H,20,22). The Morgan fingerprint density at radius 2 is 1.77 bits per heavy atom. The van der Waals surface area contributed by atoms with Gasteiger partial charge in [0.25, 0.3) is 0 Å². The fourth-order valence-corrected chi connectivity index (χ4v) is 2.67. The number of hydrogen-bond acceptors (Lipinski definition) is 3. The molecule has 1 aromatic rings. The van der Waals surface area contributed by atoms with Gasteiger partial charge in [-0.2, -0.15) is 0 Å². The molecule has 22 heavy (non-hydrogen) atoms. The first-order chi connectivity index (χ1) is 10.4. The molecule has 0 aliphatic heterocycles. The van der Waals surface area contributed by atoms with E-state index in [0.29, 0.717) is 13.0 Å². The number of hydrogen-bond donors (Lipinski definition) is 3. The molecule has 0 saturated carbocycles. The van der Waals surface area contributed by atoms with Crippen molar-refractivity contribution in [1.29, 1.82) is 0 Å². The lowest BCUT2D eigenvalue weighted by Crippen LogP contribution is -2.53. The molecule has 124 valence electrons. The van der Waals surface area contributed by atoms with E-state index in [-0.39, 0.29) is 23.5 Å². The van der Waals surface area contributed by atoms with Gasteiger partial charge in [0, 0.05) is 30.6 Å². The van der Waals surface area contributed by atoms with Crippen LogP contribution in [0.5, 0.6) is 0 Å². The highest BCUT2D eigenvalue weighted by Gasteiger charge is 2.28. The van der Waals surface area contributed by atoms with Crippen LogP contribution in [0, 0.1) is 0 Å². The van der Waals surface area contributed by atoms with E-state index in [1.54, 1.807) is 0 Å². The van der Waals surface area contributed by atoms with Crippen LogP contribution in [0.25, 0.3) is 0 Å². The number of benzene rings is 1. The number of nitrogens with two attached hydrogens (primary N) is 1. The fourth-order valence-electron chi connectivity index (χ4n) is 2.67. The minimum Gasteiger partial charge on any atom is -0.354 e. The average molecular weight is 305 g/mol. The minimum absolute atomic E-state index is 0.0236. The Balaban J connectivity index is 2.68. The van der Waals surface area contributed by atoms with Gasteiger partial charge in [-0.25, -0.2) is 0 Å². The Kier molecular flexibility index (Phi) is 7.56. The fraction of sp³-hybridized carbons (Fsp3) is 0.611. The SMILES string of the molecule is CCC(CC)(CNC(=O)CC(C)N)NC(C)c1ccccc1. The zero-order valence-corrected chi connectivity index (χ0v) is 14.4. The van der Waals surface area contributed by atoms with Crippen molar-refractivity contribution in [2.45, 2.75) is 64.6 Å². The van der Waals surface area contributed by atoms with E-state index in [9.17, 15) is 4.79 Å². The molecule has 0 aliphatic carbocycles. The van der Waals surface area contributed by atoms with Gasteiger partial charge in [-0.05, 0) is 32.3 Å². The molecule has 4 heteroatoms. The lowest BCUT2D eigenvalue weighted by molar-refractivity contribution is -0.121. The topological polar surface area (TPSA) is 67.2 Å². The number of amides is 1.